The summed E-state index contributed by atoms with van der Waals surface area (Å²) in [5.41, 5.74) is 2.45. The Bertz CT molecular complexity index is 361. The molecule has 0 amide bonds. The normalized spacial score (nSPS) is 14.9. The number of alkyl halides is 1. The van der Waals surface area contributed by atoms with Crippen molar-refractivity contribution in [1.82, 2.24) is 9.78 Å². The van der Waals surface area contributed by atoms with E-state index in [0.29, 0.717) is 5.92 Å². The van der Waals surface area contributed by atoms with E-state index in [4.69, 9.17) is 11.6 Å². The molecule has 4 heteroatoms. The molecule has 2 atom stereocenters. The first-order valence-electron chi connectivity index (χ1n) is 6.43. The van der Waals surface area contributed by atoms with E-state index in [-0.39, 0.29) is 5.38 Å². The van der Waals surface area contributed by atoms with E-state index in [1.165, 1.54) is 10.2 Å². The fourth-order valence-electron chi connectivity index (χ4n) is 2.09. The molecule has 2 unspecified atom stereocenters. The molecule has 17 heavy (non-hydrogen) atoms. The number of rotatable bonds is 6. The molecule has 1 rings (SSSR count). The largest absolute Gasteiger partial charge is 0.268 e. The number of nitrogens with zero attached hydrogens (tertiary/aromatic N) is 2. The van der Waals surface area contributed by atoms with Gasteiger partial charge in [0, 0.05) is 11.9 Å². The molecule has 0 saturated heterocycles. The van der Waals surface area contributed by atoms with Crippen LogP contribution < -0.4 is 0 Å². The van der Waals surface area contributed by atoms with Crippen LogP contribution in [0.25, 0.3) is 0 Å². The van der Waals surface area contributed by atoms with Gasteiger partial charge in [-0.25, -0.2) is 0 Å². The molecule has 0 radical (unpaired) electrons. The van der Waals surface area contributed by atoms with Crippen molar-refractivity contribution >= 4 is 27.5 Å². The fraction of sp³-hybridized carbons (Fsp3) is 0.769. The summed E-state index contributed by atoms with van der Waals surface area (Å²) in [7, 11) is 0. The Labute approximate surface area is 118 Å². The second-order valence-corrected chi connectivity index (χ2v) is 5.91. The molecule has 0 aliphatic carbocycles. The van der Waals surface area contributed by atoms with Crippen molar-refractivity contribution in [2.75, 3.05) is 0 Å². The van der Waals surface area contributed by atoms with Crippen molar-refractivity contribution in [3.63, 3.8) is 0 Å². The Morgan fingerprint density at radius 3 is 2.41 bits per heavy atom. The van der Waals surface area contributed by atoms with Crippen molar-refractivity contribution in [3.8, 4) is 0 Å². The van der Waals surface area contributed by atoms with Crippen molar-refractivity contribution in [1.29, 1.82) is 0 Å². The van der Waals surface area contributed by atoms with Gasteiger partial charge < -0.3 is 0 Å². The minimum atomic E-state index is 0.206. The summed E-state index contributed by atoms with van der Waals surface area (Å²) in [5, 5.41) is 4.83. The Hall–Kier alpha value is -0.0200. The molecule has 0 fully saturated rings. The lowest BCUT2D eigenvalue weighted by molar-refractivity contribution is 0.470. The van der Waals surface area contributed by atoms with Crippen LogP contribution in [0.1, 0.15) is 45.5 Å². The quantitative estimate of drug-likeness (QED) is 0.709. The Kier molecular flexibility index (Phi) is 6.01. The molecule has 0 aliphatic rings. The van der Waals surface area contributed by atoms with Crippen LogP contribution >= 0.6 is 27.5 Å². The maximum atomic E-state index is 6.24. The lowest BCUT2D eigenvalue weighted by Crippen LogP contribution is -2.16. The topological polar surface area (TPSA) is 17.8 Å². The minimum Gasteiger partial charge on any atom is -0.268 e. The standard InChI is InChI=1S/C13H22BrClN2/c1-5-10(9(4)15)8-12-13(14)11(6-2)16-17(12)7-3/h9-10H,5-8H2,1-4H3. The van der Waals surface area contributed by atoms with Crippen molar-refractivity contribution in [2.24, 2.45) is 5.92 Å². The van der Waals surface area contributed by atoms with Crippen LogP contribution in [0.5, 0.6) is 0 Å². The van der Waals surface area contributed by atoms with Crippen LogP contribution in [0.4, 0.5) is 0 Å². The predicted molar refractivity (Wildman–Crippen MR) is 77.8 cm³/mol. The van der Waals surface area contributed by atoms with Gasteiger partial charge in [-0.1, -0.05) is 20.3 Å². The number of hydrogen-bond donors (Lipinski definition) is 0. The Balaban J connectivity index is 2.99. The van der Waals surface area contributed by atoms with E-state index in [9.17, 15) is 0 Å². The molecule has 0 spiro atoms. The van der Waals surface area contributed by atoms with Gasteiger partial charge in [0.15, 0.2) is 0 Å². The van der Waals surface area contributed by atoms with Crippen LogP contribution in [0, 0.1) is 5.92 Å². The average molecular weight is 322 g/mol. The van der Waals surface area contributed by atoms with E-state index < -0.39 is 0 Å². The second kappa shape index (κ2) is 6.79. The van der Waals surface area contributed by atoms with Gasteiger partial charge in [0.05, 0.1) is 15.9 Å². The molecular weight excluding hydrogens is 300 g/mol. The summed E-state index contributed by atoms with van der Waals surface area (Å²) < 4.78 is 3.28. The molecule has 0 saturated carbocycles. The summed E-state index contributed by atoms with van der Waals surface area (Å²) in [6.45, 7) is 9.47. The fourth-order valence-corrected chi connectivity index (χ4v) is 3.09. The van der Waals surface area contributed by atoms with E-state index in [2.05, 4.69) is 53.4 Å². The molecular formula is C13H22BrClN2. The summed E-state index contributed by atoms with van der Waals surface area (Å²) in [6.07, 6.45) is 3.07. The third-order valence-corrected chi connectivity index (χ3v) is 4.60. The SMILES string of the molecule is CCc1nn(CC)c(CC(CC)C(C)Cl)c1Br. The highest BCUT2D eigenvalue weighted by Gasteiger charge is 2.20. The number of hydrogen-bond acceptors (Lipinski definition) is 1. The summed E-state index contributed by atoms with van der Waals surface area (Å²) >= 11 is 9.92. The average Bonchev–Trinajstić information content (AvgIpc) is 2.62. The summed E-state index contributed by atoms with van der Waals surface area (Å²) in [4.78, 5) is 0. The highest BCUT2D eigenvalue weighted by Crippen LogP contribution is 2.28. The number of aromatic nitrogens is 2. The zero-order valence-electron chi connectivity index (χ0n) is 11.1. The molecule has 0 bridgehead atoms. The predicted octanol–water partition coefficient (Wildman–Crippen LogP) is 4.42. The van der Waals surface area contributed by atoms with Crippen molar-refractivity contribution in [3.05, 3.63) is 15.9 Å². The molecule has 0 aromatic carbocycles. The van der Waals surface area contributed by atoms with Gasteiger partial charge in [0.25, 0.3) is 0 Å². The summed E-state index contributed by atoms with van der Waals surface area (Å²) in [6, 6.07) is 0. The zero-order valence-corrected chi connectivity index (χ0v) is 13.5. The van der Waals surface area contributed by atoms with Gasteiger partial charge in [0.2, 0.25) is 0 Å². The maximum Gasteiger partial charge on any atom is 0.0766 e. The molecule has 0 aliphatic heterocycles. The first-order chi connectivity index (χ1) is 8.04. The lowest BCUT2D eigenvalue weighted by Gasteiger charge is -2.18. The van der Waals surface area contributed by atoms with E-state index in [0.717, 1.165) is 31.5 Å². The molecule has 2 nitrogen and oxygen atoms in total. The first kappa shape index (κ1) is 15.0. The Morgan fingerprint density at radius 2 is 2.00 bits per heavy atom. The molecule has 1 aromatic rings. The Morgan fingerprint density at radius 1 is 1.35 bits per heavy atom. The van der Waals surface area contributed by atoms with Gasteiger partial charge in [-0.2, -0.15) is 5.10 Å². The third kappa shape index (κ3) is 3.47. The van der Waals surface area contributed by atoms with Crippen LogP contribution in [0.15, 0.2) is 4.47 Å². The van der Waals surface area contributed by atoms with Crippen LogP contribution in [0.3, 0.4) is 0 Å². The number of aryl methyl sites for hydroxylation is 2. The van der Waals surface area contributed by atoms with E-state index in [1.54, 1.807) is 0 Å². The molecule has 98 valence electrons. The maximum absolute atomic E-state index is 6.24. The van der Waals surface area contributed by atoms with E-state index >= 15 is 0 Å². The summed E-state index contributed by atoms with van der Waals surface area (Å²) in [5.74, 6) is 0.514. The van der Waals surface area contributed by atoms with Crippen LogP contribution in [-0.4, -0.2) is 15.2 Å². The monoisotopic (exact) mass is 320 g/mol. The van der Waals surface area contributed by atoms with Gasteiger partial charge in [-0.05, 0) is 48.5 Å². The van der Waals surface area contributed by atoms with Crippen LogP contribution in [-0.2, 0) is 19.4 Å². The van der Waals surface area contributed by atoms with Crippen molar-refractivity contribution < 1.29 is 0 Å². The second-order valence-electron chi connectivity index (χ2n) is 4.43. The van der Waals surface area contributed by atoms with Gasteiger partial charge >= 0.3 is 0 Å². The van der Waals surface area contributed by atoms with E-state index in [1.807, 2.05) is 0 Å². The highest BCUT2D eigenvalue weighted by molar-refractivity contribution is 9.10. The third-order valence-electron chi connectivity index (χ3n) is 3.32. The number of halogens is 2. The molecule has 0 N–H and O–H groups in total. The van der Waals surface area contributed by atoms with Gasteiger partial charge in [0.1, 0.15) is 0 Å². The smallest absolute Gasteiger partial charge is 0.0766 e. The highest BCUT2D eigenvalue weighted by atomic mass is 79.9. The first-order valence-corrected chi connectivity index (χ1v) is 7.66. The zero-order chi connectivity index (χ0) is 13.0. The minimum absolute atomic E-state index is 0.206. The van der Waals surface area contributed by atoms with Gasteiger partial charge in [-0.15, -0.1) is 11.6 Å². The molecule has 1 heterocycles. The van der Waals surface area contributed by atoms with Crippen LogP contribution in [0.2, 0.25) is 0 Å². The van der Waals surface area contributed by atoms with Gasteiger partial charge in [-0.3, -0.25) is 4.68 Å². The van der Waals surface area contributed by atoms with Crippen molar-refractivity contribution in [2.45, 2.75) is 58.9 Å². The molecule has 1 aromatic heterocycles. The lowest BCUT2D eigenvalue weighted by atomic mass is 9.97.